The zero-order valence-corrected chi connectivity index (χ0v) is 15.3. The van der Waals surface area contributed by atoms with Crippen LogP contribution >= 0.6 is 11.3 Å². The van der Waals surface area contributed by atoms with E-state index in [0.717, 1.165) is 28.6 Å². The summed E-state index contributed by atoms with van der Waals surface area (Å²) in [6, 6.07) is 13.8. The summed E-state index contributed by atoms with van der Waals surface area (Å²) in [5.41, 5.74) is 4.25. The van der Waals surface area contributed by atoms with Crippen LogP contribution in [-0.4, -0.2) is 16.7 Å². The van der Waals surface area contributed by atoms with Crippen molar-refractivity contribution in [2.45, 2.75) is 38.5 Å². The molecule has 1 N–H and O–H groups in total. The maximum Gasteiger partial charge on any atom is 0.226 e. The van der Waals surface area contributed by atoms with Crippen LogP contribution < -0.4 is 5.32 Å². The Morgan fingerprint density at radius 2 is 1.81 bits per heavy atom. The minimum atomic E-state index is -0.171. The van der Waals surface area contributed by atoms with Gasteiger partial charge >= 0.3 is 0 Å². The molecule has 26 heavy (non-hydrogen) atoms. The Kier molecular flexibility index (Phi) is 4.80. The first-order chi connectivity index (χ1) is 12.7. The summed E-state index contributed by atoms with van der Waals surface area (Å²) < 4.78 is 1.04. The lowest BCUT2D eigenvalue weighted by Gasteiger charge is -2.16. The molecular weight excluding hydrogens is 344 g/mol. The Morgan fingerprint density at radius 1 is 1.00 bits per heavy atom. The maximum atomic E-state index is 12.4. The summed E-state index contributed by atoms with van der Waals surface area (Å²) in [5.74, 6) is -0.145. The van der Waals surface area contributed by atoms with Crippen LogP contribution in [0.1, 0.15) is 47.2 Å². The van der Waals surface area contributed by atoms with Crippen LogP contribution in [-0.2, 0) is 17.6 Å². The fourth-order valence-corrected chi connectivity index (χ4v) is 4.27. The fourth-order valence-electron chi connectivity index (χ4n) is 3.39. The highest BCUT2D eigenvalue weighted by Gasteiger charge is 2.15. The van der Waals surface area contributed by atoms with Gasteiger partial charge in [0.15, 0.2) is 10.9 Å². The molecule has 1 aromatic heterocycles. The number of aromatic nitrogens is 1. The standard InChI is InChI=1S/C21H20N2O2S/c24-18(16-10-9-14-5-1-2-6-15(14)13-16)11-12-20(25)23-21-22-17-7-3-4-8-19(17)26-21/h3-4,7-10,13H,1-2,5-6,11-12H2,(H,22,23,25). The normalized spacial score (nSPS) is 13.4. The SMILES string of the molecule is O=C(CCC(=O)c1ccc2c(c1)CCCC2)Nc1nc2ccccc2s1. The molecule has 0 aliphatic heterocycles. The molecule has 4 rings (SSSR count). The van der Waals surface area contributed by atoms with Crippen molar-refractivity contribution in [1.82, 2.24) is 4.98 Å². The van der Waals surface area contributed by atoms with Gasteiger partial charge < -0.3 is 5.32 Å². The van der Waals surface area contributed by atoms with Gasteiger partial charge in [-0.15, -0.1) is 0 Å². The number of ketones is 1. The molecule has 1 aliphatic rings. The van der Waals surface area contributed by atoms with E-state index < -0.39 is 0 Å². The second kappa shape index (κ2) is 7.38. The summed E-state index contributed by atoms with van der Waals surface area (Å²) in [6.07, 6.45) is 4.96. The average Bonchev–Trinajstić information content (AvgIpc) is 3.08. The number of carbonyl (C=O) groups is 2. The van der Waals surface area contributed by atoms with Crippen molar-refractivity contribution in [3.05, 3.63) is 59.2 Å². The number of anilines is 1. The minimum Gasteiger partial charge on any atom is -0.302 e. The van der Waals surface area contributed by atoms with E-state index in [9.17, 15) is 9.59 Å². The largest absolute Gasteiger partial charge is 0.302 e. The lowest BCUT2D eigenvalue weighted by molar-refractivity contribution is -0.116. The molecule has 2 aromatic carbocycles. The van der Waals surface area contributed by atoms with Crippen molar-refractivity contribution in [2.24, 2.45) is 0 Å². The molecular formula is C21H20N2O2S. The van der Waals surface area contributed by atoms with Gasteiger partial charge in [0.2, 0.25) is 5.91 Å². The van der Waals surface area contributed by atoms with E-state index in [1.54, 1.807) is 0 Å². The molecule has 1 amide bonds. The van der Waals surface area contributed by atoms with Crippen molar-refractivity contribution >= 4 is 38.4 Å². The second-order valence-corrected chi connectivity index (χ2v) is 7.68. The van der Waals surface area contributed by atoms with Gasteiger partial charge in [0, 0.05) is 18.4 Å². The van der Waals surface area contributed by atoms with E-state index in [-0.39, 0.29) is 24.5 Å². The smallest absolute Gasteiger partial charge is 0.226 e. The molecule has 4 nitrogen and oxygen atoms in total. The van der Waals surface area contributed by atoms with E-state index in [4.69, 9.17) is 0 Å². The predicted molar refractivity (Wildman–Crippen MR) is 105 cm³/mol. The van der Waals surface area contributed by atoms with E-state index in [1.807, 2.05) is 36.4 Å². The van der Waals surface area contributed by atoms with E-state index in [1.165, 1.54) is 35.3 Å². The number of hydrogen-bond acceptors (Lipinski definition) is 4. The molecule has 0 spiro atoms. The highest BCUT2D eigenvalue weighted by molar-refractivity contribution is 7.22. The summed E-state index contributed by atoms with van der Waals surface area (Å²) >= 11 is 1.44. The summed E-state index contributed by atoms with van der Waals surface area (Å²) in [5, 5.41) is 3.39. The number of Topliss-reactive ketones (excluding diaryl/α,β-unsaturated/α-hetero) is 1. The molecule has 3 aromatic rings. The Balaban J connectivity index is 1.35. The van der Waals surface area contributed by atoms with E-state index in [2.05, 4.69) is 16.4 Å². The first-order valence-corrected chi connectivity index (χ1v) is 9.81. The molecule has 1 aliphatic carbocycles. The number of carbonyl (C=O) groups excluding carboxylic acids is 2. The van der Waals surface area contributed by atoms with Crippen molar-refractivity contribution in [3.8, 4) is 0 Å². The number of rotatable bonds is 5. The molecule has 0 bridgehead atoms. The van der Waals surface area contributed by atoms with Crippen molar-refractivity contribution < 1.29 is 9.59 Å². The van der Waals surface area contributed by atoms with Gasteiger partial charge in [-0.1, -0.05) is 35.6 Å². The molecule has 1 heterocycles. The first kappa shape index (κ1) is 16.9. The molecule has 5 heteroatoms. The number of aryl methyl sites for hydroxylation is 2. The van der Waals surface area contributed by atoms with Crippen LogP contribution in [0.25, 0.3) is 10.2 Å². The Labute approximate surface area is 156 Å². The number of benzene rings is 2. The lowest BCUT2D eigenvalue weighted by Crippen LogP contribution is -2.13. The highest BCUT2D eigenvalue weighted by atomic mass is 32.1. The third-order valence-electron chi connectivity index (χ3n) is 4.79. The summed E-state index contributed by atoms with van der Waals surface area (Å²) in [6.45, 7) is 0. The number of thiazole rings is 1. The number of amides is 1. The van der Waals surface area contributed by atoms with Crippen molar-refractivity contribution in [2.75, 3.05) is 5.32 Å². The van der Waals surface area contributed by atoms with Crippen molar-refractivity contribution in [3.63, 3.8) is 0 Å². The zero-order valence-electron chi connectivity index (χ0n) is 14.5. The Hall–Kier alpha value is -2.53. The number of hydrogen-bond donors (Lipinski definition) is 1. The molecule has 0 unspecified atom stereocenters. The molecule has 0 radical (unpaired) electrons. The highest BCUT2D eigenvalue weighted by Crippen LogP contribution is 2.26. The van der Waals surface area contributed by atoms with Crippen LogP contribution in [0, 0.1) is 0 Å². The monoisotopic (exact) mass is 364 g/mol. The number of nitrogens with one attached hydrogen (secondary N) is 1. The summed E-state index contributed by atoms with van der Waals surface area (Å²) in [4.78, 5) is 29.0. The third-order valence-corrected chi connectivity index (χ3v) is 5.74. The topological polar surface area (TPSA) is 59.1 Å². The average molecular weight is 364 g/mol. The van der Waals surface area contributed by atoms with Gasteiger partial charge in [-0.05, 0) is 55.0 Å². The molecule has 0 fully saturated rings. The van der Waals surface area contributed by atoms with Gasteiger partial charge in [0.05, 0.1) is 10.2 Å². The molecule has 0 saturated heterocycles. The van der Waals surface area contributed by atoms with Gasteiger partial charge in [-0.2, -0.15) is 0 Å². The number of fused-ring (bicyclic) bond motifs is 2. The van der Waals surface area contributed by atoms with Gasteiger partial charge in [0.1, 0.15) is 0 Å². The van der Waals surface area contributed by atoms with Crippen LogP contribution in [0.5, 0.6) is 0 Å². The van der Waals surface area contributed by atoms with Crippen LogP contribution in [0.2, 0.25) is 0 Å². The summed E-state index contributed by atoms with van der Waals surface area (Å²) in [7, 11) is 0. The lowest BCUT2D eigenvalue weighted by atomic mass is 9.89. The van der Waals surface area contributed by atoms with E-state index in [0.29, 0.717) is 5.13 Å². The molecule has 0 saturated carbocycles. The first-order valence-electron chi connectivity index (χ1n) is 8.99. The maximum absolute atomic E-state index is 12.4. The van der Waals surface area contributed by atoms with E-state index >= 15 is 0 Å². The third kappa shape index (κ3) is 3.68. The Bertz CT molecular complexity index is 944. The number of para-hydroxylation sites is 1. The van der Waals surface area contributed by atoms with Crippen LogP contribution in [0.3, 0.4) is 0 Å². The fraction of sp³-hybridized carbons (Fsp3) is 0.286. The predicted octanol–water partition coefficient (Wildman–Crippen LogP) is 4.78. The van der Waals surface area contributed by atoms with Crippen LogP contribution in [0.4, 0.5) is 5.13 Å². The van der Waals surface area contributed by atoms with Gasteiger partial charge in [-0.25, -0.2) is 4.98 Å². The van der Waals surface area contributed by atoms with Crippen LogP contribution in [0.15, 0.2) is 42.5 Å². The zero-order chi connectivity index (χ0) is 17.9. The minimum absolute atomic E-state index is 0.0258. The molecule has 132 valence electrons. The second-order valence-electron chi connectivity index (χ2n) is 6.65. The number of nitrogens with zero attached hydrogens (tertiary/aromatic N) is 1. The molecule has 0 atom stereocenters. The Morgan fingerprint density at radius 3 is 2.65 bits per heavy atom. The van der Waals surface area contributed by atoms with Gasteiger partial charge in [0.25, 0.3) is 0 Å². The van der Waals surface area contributed by atoms with Crippen molar-refractivity contribution in [1.29, 1.82) is 0 Å². The van der Waals surface area contributed by atoms with Gasteiger partial charge in [-0.3, -0.25) is 9.59 Å². The quantitative estimate of drug-likeness (QED) is 0.663.